The second kappa shape index (κ2) is 15.4. The van der Waals surface area contributed by atoms with Crippen LogP contribution in [0.2, 0.25) is 31.4 Å². The maximum absolute atomic E-state index is 7.26. The van der Waals surface area contributed by atoms with Crippen molar-refractivity contribution in [1.82, 2.24) is 0 Å². The van der Waals surface area contributed by atoms with E-state index in [1.165, 1.54) is 83.9 Å². The van der Waals surface area contributed by atoms with Crippen molar-refractivity contribution in [2.45, 2.75) is 151 Å². The van der Waals surface area contributed by atoms with Crippen LogP contribution >= 0.6 is 0 Å². The molecule has 29 heavy (non-hydrogen) atoms. The van der Waals surface area contributed by atoms with Gasteiger partial charge in [-0.2, -0.15) is 0 Å². The van der Waals surface area contributed by atoms with Crippen LogP contribution in [-0.2, 0) is 4.43 Å². The molecular formula is C26H56OSiSn. The average Bonchev–Trinajstić information content (AvgIpc) is 2.65. The number of rotatable bonds is 17. The summed E-state index contributed by atoms with van der Waals surface area (Å²) in [4.78, 5) is 0. The van der Waals surface area contributed by atoms with E-state index in [1.54, 1.807) is 3.78 Å². The fourth-order valence-corrected chi connectivity index (χ4v) is 23.8. The number of hydrogen-bond acceptors (Lipinski definition) is 1. The van der Waals surface area contributed by atoms with E-state index in [1.807, 2.05) is 0 Å². The zero-order valence-corrected chi connectivity index (χ0v) is 25.7. The molecule has 1 nitrogen and oxygen atoms in total. The quantitative estimate of drug-likeness (QED) is 0.103. The molecule has 0 saturated carbocycles. The van der Waals surface area contributed by atoms with Gasteiger partial charge in [-0.1, -0.05) is 0 Å². The first kappa shape index (κ1) is 29.6. The topological polar surface area (TPSA) is 9.23 Å². The summed E-state index contributed by atoms with van der Waals surface area (Å²) in [5.41, 5.74) is 0. The van der Waals surface area contributed by atoms with Gasteiger partial charge in [-0.25, -0.2) is 0 Å². The fourth-order valence-electron chi connectivity index (χ4n) is 3.89. The van der Waals surface area contributed by atoms with Gasteiger partial charge in [-0.05, 0) is 0 Å². The summed E-state index contributed by atoms with van der Waals surface area (Å²) in [6.45, 7) is 21.6. The van der Waals surface area contributed by atoms with Gasteiger partial charge in [0.1, 0.15) is 0 Å². The van der Waals surface area contributed by atoms with Gasteiger partial charge >= 0.3 is 192 Å². The normalized spacial score (nSPS) is 13.8. The van der Waals surface area contributed by atoms with Gasteiger partial charge in [0, 0.05) is 0 Å². The molecule has 0 unspecified atom stereocenters. The summed E-state index contributed by atoms with van der Waals surface area (Å²) in [5, 5.41) is 0.284. The predicted molar refractivity (Wildman–Crippen MR) is 140 cm³/mol. The van der Waals surface area contributed by atoms with Crippen LogP contribution in [0.3, 0.4) is 0 Å². The average molecular weight is 532 g/mol. The van der Waals surface area contributed by atoms with Gasteiger partial charge in [0.25, 0.3) is 0 Å². The zero-order chi connectivity index (χ0) is 22.4. The third kappa shape index (κ3) is 11.1. The molecule has 0 aliphatic heterocycles. The number of hydrogen-bond donors (Lipinski definition) is 0. The Morgan fingerprint density at radius 1 is 0.724 bits per heavy atom. The Labute approximate surface area is 190 Å². The predicted octanol–water partition coefficient (Wildman–Crippen LogP) is 10.3. The molecule has 0 aromatic carbocycles. The Balaban J connectivity index is 5.94. The Bertz CT molecular complexity index is 415. The first-order valence-corrected chi connectivity index (χ1v) is 23.4. The summed E-state index contributed by atoms with van der Waals surface area (Å²) in [5.74, 6) is 0. The Kier molecular flexibility index (Phi) is 15.7. The van der Waals surface area contributed by atoms with Gasteiger partial charge in [0.05, 0.1) is 0 Å². The van der Waals surface area contributed by atoms with Crippen molar-refractivity contribution in [3.8, 4) is 0 Å². The van der Waals surface area contributed by atoms with Crippen LogP contribution < -0.4 is 0 Å². The second-order valence-electron chi connectivity index (χ2n) is 10.9. The molecule has 0 aromatic heterocycles. The van der Waals surface area contributed by atoms with Gasteiger partial charge in [0.15, 0.2) is 0 Å². The minimum absolute atomic E-state index is 0.284. The maximum atomic E-state index is 7.26. The third-order valence-electron chi connectivity index (χ3n) is 7.11. The van der Waals surface area contributed by atoms with Crippen molar-refractivity contribution in [2.24, 2.45) is 0 Å². The van der Waals surface area contributed by atoms with E-state index in [9.17, 15) is 0 Å². The van der Waals surface area contributed by atoms with E-state index in [0.29, 0.717) is 0 Å². The van der Waals surface area contributed by atoms with Gasteiger partial charge in [0.2, 0.25) is 0 Å². The molecule has 0 N–H and O–H groups in total. The molecule has 0 bridgehead atoms. The SMILES string of the molecule is CCCCCCC=[C](O[Si](C)(C)C(C)(C)C)[Sn]([CH2]CCC)([CH2]CCC)[CH2]CCC. The molecule has 0 atom stereocenters. The second-order valence-corrected chi connectivity index (χ2v) is 28.6. The Hall–Kier alpha value is 0.556. The summed E-state index contributed by atoms with van der Waals surface area (Å²) in [7, 11) is -1.79. The van der Waals surface area contributed by atoms with Crippen molar-refractivity contribution in [1.29, 1.82) is 0 Å². The molecule has 174 valence electrons. The molecule has 0 amide bonds. The molecule has 0 aliphatic carbocycles. The van der Waals surface area contributed by atoms with E-state index in [2.05, 4.69) is 67.6 Å². The monoisotopic (exact) mass is 532 g/mol. The van der Waals surface area contributed by atoms with Gasteiger partial charge < -0.3 is 0 Å². The Morgan fingerprint density at radius 3 is 1.55 bits per heavy atom. The fraction of sp³-hybridized carbons (Fsp3) is 0.923. The summed E-state index contributed by atoms with van der Waals surface area (Å²) >= 11 is -2.51. The van der Waals surface area contributed by atoms with Crippen LogP contribution in [0.25, 0.3) is 0 Å². The van der Waals surface area contributed by atoms with E-state index >= 15 is 0 Å². The molecule has 0 radical (unpaired) electrons. The van der Waals surface area contributed by atoms with Gasteiger partial charge in [-0.15, -0.1) is 0 Å². The zero-order valence-electron chi connectivity index (χ0n) is 21.9. The molecule has 0 rings (SSSR count). The van der Waals surface area contributed by atoms with Crippen molar-refractivity contribution in [3.63, 3.8) is 0 Å². The molecule has 0 heterocycles. The van der Waals surface area contributed by atoms with Crippen molar-refractivity contribution >= 4 is 26.7 Å². The summed E-state index contributed by atoms with van der Waals surface area (Å²) < 4.78 is 13.4. The molecular weight excluding hydrogens is 475 g/mol. The van der Waals surface area contributed by atoms with Gasteiger partial charge in [-0.3, -0.25) is 0 Å². The molecule has 0 fully saturated rings. The number of allylic oxidation sites excluding steroid dienone is 1. The summed E-state index contributed by atoms with van der Waals surface area (Å²) in [6.07, 6.45) is 17.6. The molecule has 0 aliphatic rings. The van der Waals surface area contributed by atoms with Crippen LogP contribution in [0, 0.1) is 0 Å². The van der Waals surface area contributed by atoms with Crippen LogP contribution in [0.4, 0.5) is 0 Å². The van der Waals surface area contributed by atoms with Crippen LogP contribution in [-0.4, -0.2) is 26.7 Å². The molecule has 0 spiro atoms. The van der Waals surface area contributed by atoms with Crippen LogP contribution in [0.15, 0.2) is 9.85 Å². The Morgan fingerprint density at radius 2 is 1.17 bits per heavy atom. The third-order valence-corrected chi connectivity index (χ3v) is 27.1. The number of unbranched alkanes of at least 4 members (excludes halogenated alkanes) is 7. The van der Waals surface area contributed by atoms with E-state index < -0.39 is 26.7 Å². The molecule has 0 saturated heterocycles. The minimum atomic E-state index is -2.51. The standard InChI is InChI=1S/C14H29OSi.3C4H9.Sn/c1-7-8-9-10-11-12-13-15-16(5,6)14(2,3)4;3*1-3-4-2;/h12H,7-11H2,1-6H3;3*1,3-4H2,2H3;. The van der Waals surface area contributed by atoms with E-state index in [-0.39, 0.29) is 5.04 Å². The molecule has 0 aromatic rings. The van der Waals surface area contributed by atoms with Crippen LogP contribution in [0.5, 0.6) is 0 Å². The first-order valence-electron chi connectivity index (χ1n) is 13.0. The van der Waals surface area contributed by atoms with Crippen molar-refractivity contribution in [2.75, 3.05) is 0 Å². The van der Waals surface area contributed by atoms with Crippen LogP contribution in [0.1, 0.15) is 119 Å². The summed E-state index contributed by atoms with van der Waals surface area (Å²) in [6, 6.07) is 0. The van der Waals surface area contributed by atoms with E-state index in [0.717, 1.165) is 0 Å². The van der Waals surface area contributed by atoms with E-state index in [4.69, 9.17) is 4.43 Å². The van der Waals surface area contributed by atoms with Crippen molar-refractivity contribution in [3.05, 3.63) is 9.85 Å². The first-order chi connectivity index (χ1) is 13.6. The van der Waals surface area contributed by atoms with Crippen molar-refractivity contribution < 1.29 is 4.43 Å². The molecule has 3 heteroatoms.